The first-order valence-corrected chi connectivity index (χ1v) is 5.79. The number of benzene rings is 2. The summed E-state index contributed by atoms with van der Waals surface area (Å²) in [6.45, 7) is 2.01. The fourth-order valence-electron chi connectivity index (χ4n) is 1.74. The minimum absolute atomic E-state index is 0.858. The van der Waals surface area contributed by atoms with E-state index >= 15 is 0 Å². The molecule has 0 bridgehead atoms. The van der Waals surface area contributed by atoms with Gasteiger partial charge in [0.1, 0.15) is 5.75 Å². The third-order valence-electron chi connectivity index (χ3n) is 2.62. The molecule has 3 heteroatoms. The summed E-state index contributed by atoms with van der Waals surface area (Å²) in [6.07, 6.45) is 1.76. The summed E-state index contributed by atoms with van der Waals surface area (Å²) in [6, 6.07) is 15.8. The van der Waals surface area contributed by atoms with Gasteiger partial charge in [-0.2, -0.15) is 5.10 Å². The number of hydrogen-bond donors (Lipinski definition) is 1. The third-order valence-corrected chi connectivity index (χ3v) is 2.62. The van der Waals surface area contributed by atoms with Gasteiger partial charge in [0.15, 0.2) is 0 Å². The van der Waals surface area contributed by atoms with Gasteiger partial charge in [-0.15, -0.1) is 0 Å². The summed E-state index contributed by atoms with van der Waals surface area (Å²) in [5.41, 5.74) is 5.99. The second kappa shape index (κ2) is 5.87. The molecule has 0 aliphatic rings. The zero-order chi connectivity index (χ0) is 12.8. The van der Waals surface area contributed by atoms with Crippen molar-refractivity contribution >= 4 is 11.9 Å². The quantitative estimate of drug-likeness (QED) is 0.656. The molecule has 0 aliphatic heterocycles. The van der Waals surface area contributed by atoms with Crippen LogP contribution >= 0.6 is 0 Å². The molecule has 0 atom stereocenters. The number of hydrazone groups is 1. The van der Waals surface area contributed by atoms with E-state index in [0.717, 1.165) is 22.6 Å². The van der Waals surface area contributed by atoms with Gasteiger partial charge < -0.3 is 4.74 Å². The molecular formula is C15H16N2O. The Bertz CT molecular complexity index is 535. The predicted molar refractivity (Wildman–Crippen MR) is 75.4 cm³/mol. The molecule has 0 radical (unpaired) electrons. The van der Waals surface area contributed by atoms with Gasteiger partial charge in [-0.3, -0.25) is 5.43 Å². The molecule has 0 aliphatic carbocycles. The van der Waals surface area contributed by atoms with Gasteiger partial charge in [0, 0.05) is 5.56 Å². The van der Waals surface area contributed by atoms with Crippen LogP contribution in [0.15, 0.2) is 53.6 Å². The maximum absolute atomic E-state index is 5.36. The van der Waals surface area contributed by atoms with Crippen LogP contribution in [0.4, 0.5) is 5.69 Å². The first-order valence-electron chi connectivity index (χ1n) is 5.79. The van der Waals surface area contributed by atoms with Crippen molar-refractivity contribution in [3.05, 3.63) is 59.7 Å². The Balaban J connectivity index is 2.12. The Morgan fingerprint density at radius 3 is 2.56 bits per heavy atom. The highest BCUT2D eigenvalue weighted by Crippen LogP contribution is 2.21. The molecule has 92 valence electrons. The lowest BCUT2D eigenvalue weighted by Gasteiger charge is -2.07. The maximum Gasteiger partial charge on any atom is 0.130 e. The molecule has 2 rings (SSSR count). The van der Waals surface area contributed by atoms with Gasteiger partial charge in [-0.1, -0.05) is 30.3 Å². The summed E-state index contributed by atoms with van der Waals surface area (Å²) >= 11 is 0. The van der Waals surface area contributed by atoms with Gasteiger partial charge in [-0.25, -0.2) is 0 Å². The highest BCUT2D eigenvalue weighted by atomic mass is 16.5. The number of anilines is 1. The molecule has 0 aromatic heterocycles. The Morgan fingerprint density at radius 2 is 1.83 bits per heavy atom. The minimum atomic E-state index is 0.858. The van der Waals surface area contributed by atoms with E-state index in [0.29, 0.717) is 0 Å². The summed E-state index contributed by atoms with van der Waals surface area (Å²) in [5, 5.41) is 4.21. The van der Waals surface area contributed by atoms with E-state index in [1.54, 1.807) is 13.3 Å². The minimum Gasteiger partial charge on any atom is -0.496 e. The normalized spacial score (nSPS) is 10.6. The zero-order valence-corrected chi connectivity index (χ0v) is 10.6. The summed E-state index contributed by atoms with van der Waals surface area (Å²) in [7, 11) is 1.67. The zero-order valence-electron chi connectivity index (χ0n) is 10.6. The van der Waals surface area contributed by atoms with E-state index in [1.807, 2.05) is 55.5 Å². The Labute approximate surface area is 107 Å². The van der Waals surface area contributed by atoms with Crippen LogP contribution in [-0.4, -0.2) is 13.3 Å². The largest absolute Gasteiger partial charge is 0.496 e. The average molecular weight is 240 g/mol. The van der Waals surface area contributed by atoms with Crippen LogP contribution < -0.4 is 10.2 Å². The number of nitrogens with zero attached hydrogens (tertiary/aromatic N) is 1. The second-order valence-corrected chi connectivity index (χ2v) is 3.93. The van der Waals surface area contributed by atoms with Gasteiger partial charge in [-0.05, 0) is 30.7 Å². The molecule has 1 N–H and O–H groups in total. The van der Waals surface area contributed by atoms with Crippen LogP contribution in [0.3, 0.4) is 0 Å². The Kier molecular flexibility index (Phi) is 3.97. The average Bonchev–Trinajstić information content (AvgIpc) is 2.40. The monoisotopic (exact) mass is 240 g/mol. The smallest absolute Gasteiger partial charge is 0.130 e. The number of nitrogens with one attached hydrogen (secondary N) is 1. The van der Waals surface area contributed by atoms with Crippen LogP contribution in [0.2, 0.25) is 0 Å². The lowest BCUT2D eigenvalue weighted by Crippen LogP contribution is -1.95. The SMILES string of the molecule is COc1c(C)cccc1C=NNc1ccccc1. The number of ether oxygens (including phenoxy) is 1. The molecule has 0 saturated heterocycles. The summed E-state index contributed by atoms with van der Waals surface area (Å²) in [4.78, 5) is 0. The number of rotatable bonds is 4. The Morgan fingerprint density at radius 1 is 1.06 bits per heavy atom. The van der Waals surface area contributed by atoms with Crippen LogP contribution in [0.5, 0.6) is 5.75 Å². The maximum atomic E-state index is 5.36. The van der Waals surface area contributed by atoms with E-state index < -0.39 is 0 Å². The van der Waals surface area contributed by atoms with Crippen LogP contribution in [0.1, 0.15) is 11.1 Å². The standard InChI is InChI=1S/C15H16N2O/c1-12-7-6-8-13(15(12)18-2)11-16-17-14-9-4-3-5-10-14/h3-11,17H,1-2H3. The molecule has 18 heavy (non-hydrogen) atoms. The number of aryl methyl sites for hydroxylation is 1. The fraction of sp³-hybridized carbons (Fsp3) is 0.133. The lowest BCUT2D eigenvalue weighted by atomic mass is 10.1. The summed E-state index contributed by atoms with van der Waals surface area (Å²) < 4.78 is 5.36. The first kappa shape index (κ1) is 12.2. The summed E-state index contributed by atoms with van der Waals surface area (Å²) in [5.74, 6) is 0.858. The van der Waals surface area contributed by atoms with Crippen molar-refractivity contribution in [3.8, 4) is 5.75 Å². The molecule has 0 heterocycles. The molecule has 2 aromatic carbocycles. The lowest BCUT2D eigenvalue weighted by molar-refractivity contribution is 0.411. The molecule has 0 fully saturated rings. The highest BCUT2D eigenvalue weighted by molar-refractivity contribution is 5.84. The second-order valence-electron chi connectivity index (χ2n) is 3.93. The van der Waals surface area contributed by atoms with E-state index in [4.69, 9.17) is 4.74 Å². The van der Waals surface area contributed by atoms with Gasteiger partial charge in [0.05, 0.1) is 19.0 Å². The van der Waals surface area contributed by atoms with E-state index in [2.05, 4.69) is 10.5 Å². The van der Waals surface area contributed by atoms with Crippen LogP contribution in [0.25, 0.3) is 0 Å². The number of hydrogen-bond acceptors (Lipinski definition) is 3. The topological polar surface area (TPSA) is 33.6 Å². The fourth-order valence-corrected chi connectivity index (χ4v) is 1.74. The molecule has 0 amide bonds. The van der Waals surface area contributed by atoms with Crippen molar-refractivity contribution < 1.29 is 4.74 Å². The molecular weight excluding hydrogens is 224 g/mol. The van der Waals surface area contributed by atoms with Crippen molar-refractivity contribution in [2.75, 3.05) is 12.5 Å². The third kappa shape index (κ3) is 2.88. The van der Waals surface area contributed by atoms with Crippen molar-refractivity contribution in [3.63, 3.8) is 0 Å². The van der Waals surface area contributed by atoms with Gasteiger partial charge in [0.2, 0.25) is 0 Å². The van der Waals surface area contributed by atoms with E-state index in [-0.39, 0.29) is 0 Å². The van der Waals surface area contributed by atoms with E-state index in [1.165, 1.54) is 0 Å². The molecule has 0 unspecified atom stereocenters. The number of para-hydroxylation sites is 2. The predicted octanol–water partition coefficient (Wildman–Crippen LogP) is 3.45. The highest BCUT2D eigenvalue weighted by Gasteiger charge is 2.02. The molecule has 3 nitrogen and oxygen atoms in total. The van der Waals surface area contributed by atoms with Crippen molar-refractivity contribution in [1.29, 1.82) is 0 Å². The van der Waals surface area contributed by atoms with Crippen LogP contribution in [0, 0.1) is 6.92 Å². The van der Waals surface area contributed by atoms with Crippen molar-refractivity contribution in [2.24, 2.45) is 5.10 Å². The van der Waals surface area contributed by atoms with Gasteiger partial charge in [0.25, 0.3) is 0 Å². The Hall–Kier alpha value is -2.29. The molecule has 0 spiro atoms. The van der Waals surface area contributed by atoms with Crippen molar-refractivity contribution in [1.82, 2.24) is 0 Å². The molecule has 2 aromatic rings. The van der Waals surface area contributed by atoms with Crippen LogP contribution in [-0.2, 0) is 0 Å². The van der Waals surface area contributed by atoms with Crippen molar-refractivity contribution in [2.45, 2.75) is 6.92 Å². The molecule has 0 saturated carbocycles. The van der Waals surface area contributed by atoms with E-state index in [9.17, 15) is 0 Å². The first-order chi connectivity index (χ1) is 8.81. The number of methoxy groups -OCH3 is 1. The van der Waals surface area contributed by atoms with Gasteiger partial charge >= 0.3 is 0 Å².